The highest BCUT2D eigenvalue weighted by Crippen LogP contribution is 2.14. The van der Waals surface area contributed by atoms with E-state index in [0.717, 1.165) is 5.39 Å². The Morgan fingerprint density at radius 3 is 2.78 bits per heavy atom. The highest BCUT2D eigenvalue weighted by molar-refractivity contribution is 5.76. The molecule has 0 atom stereocenters. The maximum Gasteiger partial charge on any atom is 0.339 e. The first-order valence-corrected chi connectivity index (χ1v) is 5.90. The summed E-state index contributed by atoms with van der Waals surface area (Å²) in [4.78, 5) is 22.1. The molecule has 0 saturated carbocycles. The Hall–Kier alpha value is -2.10. The number of benzene rings is 1. The van der Waals surface area contributed by atoms with Gasteiger partial charge in [0.25, 0.3) is 0 Å². The van der Waals surface area contributed by atoms with Crippen LogP contribution in [0.1, 0.15) is 24.8 Å². The first-order valence-electron chi connectivity index (χ1n) is 5.90. The zero-order chi connectivity index (χ0) is 13.0. The Morgan fingerprint density at radius 1 is 1.22 bits per heavy atom. The number of fused-ring (bicyclic) bond motifs is 1. The van der Waals surface area contributed by atoms with Crippen molar-refractivity contribution >= 4 is 16.9 Å². The smallest absolute Gasteiger partial charge is 0.339 e. The topological polar surface area (TPSA) is 67.5 Å². The van der Waals surface area contributed by atoms with E-state index in [9.17, 15) is 9.59 Å². The molecular weight excluding hydrogens is 232 g/mol. The number of carboxylic acid groups (broad SMARTS) is 1. The van der Waals surface area contributed by atoms with Crippen LogP contribution in [0, 0.1) is 0 Å². The summed E-state index contributed by atoms with van der Waals surface area (Å²) in [7, 11) is 0. The molecule has 0 saturated heterocycles. The number of aryl methyl sites for hydroxylation is 1. The molecule has 2 rings (SSSR count). The van der Waals surface area contributed by atoms with Gasteiger partial charge in [-0.15, -0.1) is 0 Å². The van der Waals surface area contributed by atoms with Gasteiger partial charge in [0.2, 0.25) is 0 Å². The Balaban J connectivity index is 2.11. The van der Waals surface area contributed by atoms with Gasteiger partial charge in [0.1, 0.15) is 5.58 Å². The van der Waals surface area contributed by atoms with Gasteiger partial charge in [-0.3, -0.25) is 4.79 Å². The number of carboxylic acids is 1. The van der Waals surface area contributed by atoms with Gasteiger partial charge in [0.05, 0.1) is 0 Å². The predicted molar refractivity (Wildman–Crippen MR) is 67.7 cm³/mol. The number of rotatable bonds is 5. The molecular formula is C14H14O4. The van der Waals surface area contributed by atoms with Crippen molar-refractivity contribution in [1.82, 2.24) is 0 Å². The van der Waals surface area contributed by atoms with Crippen molar-refractivity contribution in [3.8, 4) is 0 Å². The number of carbonyl (C=O) groups is 1. The van der Waals surface area contributed by atoms with E-state index in [0.29, 0.717) is 30.4 Å². The van der Waals surface area contributed by atoms with E-state index >= 15 is 0 Å². The number of hydrogen-bond donors (Lipinski definition) is 1. The molecule has 0 bridgehead atoms. The zero-order valence-corrected chi connectivity index (χ0v) is 9.89. The van der Waals surface area contributed by atoms with E-state index in [-0.39, 0.29) is 12.0 Å². The Bertz CT molecular complexity index is 612. The normalized spacial score (nSPS) is 10.7. The first-order chi connectivity index (χ1) is 8.66. The minimum Gasteiger partial charge on any atom is -0.481 e. The van der Waals surface area contributed by atoms with Gasteiger partial charge in [0, 0.05) is 17.4 Å². The highest BCUT2D eigenvalue weighted by atomic mass is 16.4. The SMILES string of the molecule is O=C(O)CCCCc1cc2ccccc2oc1=O. The number of unbranched alkanes of at least 4 members (excludes halogenated alkanes) is 1. The molecule has 0 spiro atoms. The lowest BCUT2D eigenvalue weighted by atomic mass is 10.1. The van der Waals surface area contributed by atoms with Crippen molar-refractivity contribution < 1.29 is 14.3 Å². The second kappa shape index (κ2) is 5.49. The molecule has 0 amide bonds. The van der Waals surface area contributed by atoms with E-state index in [2.05, 4.69) is 0 Å². The monoisotopic (exact) mass is 246 g/mol. The van der Waals surface area contributed by atoms with Crippen LogP contribution in [0.3, 0.4) is 0 Å². The summed E-state index contributed by atoms with van der Waals surface area (Å²) < 4.78 is 5.20. The van der Waals surface area contributed by atoms with Gasteiger partial charge in [-0.1, -0.05) is 18.2 Å². The molecule has 0 aliphatic carbocycles. The third-order valence-electron chi connectivity index (χ3n) is 2.80. The van der Waals surface area contributed by atoms with E-state index in [1.807, 2.05) is 24.3 Å². The molecule has 1 aromatic carbocycles. The fraction of sp³-hybridized carbons (Fsp3) is 0.286. The lowest BCUT2D eigenvalue weighted by Crippen LogP contribution is -2.07. The lowest BCUT2D eigenvalue weighted by Gasteiger charge is -2.01. The average molecular weight is 246 g/mol. The highest BCUT2D eigenvalue weighted by Gasteiger charge is 2.05. The standard InChI is InChI=1S/C14H14O4/c15-13(16)8-4-2-6-11-9-10-5-1-3-7-12(10)18-14(11)17/h1,3,5,7,9H,2,4,6,8H2,(H,15,16). The van der Waals surface area contributed by atoms with Gasteiger partial charge in [-0.2, -0.15) is 0 Å². The fourth-order valence-electron chi connectivity index (χ4n) is 1.87. The van der Waals surface area contributed by atoms with Gasteiger partial charge in [-0.25, -0.2) is 4.79 Å². The summed E-state index contributed by atoms with van der Waals surface area (Å²) in [5, 5.41) is 9.42. The largest absolute Gasteiger partial charge is 0.481 e. The summed E-state index contributed by atoms with van der Waals surface area (Å²) in [5.41, 5.74) is 0.861. The van der Waals surface area contributed by atoms with Gasteiger partial charge < -0.3 is 9.52 Å². The number of para-hydroxylation sites is 1. The van der Waals surface area contributed by atoms with Crippen LogP contribution in [0.5, 0.6) is 0 Å². The molecule has 4 nitrogen and oxygen atoms in total. The van der Waals surface area contributed by atoms with Crippen molar-refractivity contribution in [1.29, 1.82) is 0 Å². The number of hydrogen-bond acceptors (Lipinski definition) is 3. The minimum absolute atomic E-state index is 0.138. The fourth-order valence-corrected chi connectivity index (χ4v) is 1.87. The Kier molecular flexibility index (Phi) is 3.77. The van der Waals surface area contributed by atoms with Crippen LogP contribution in [0.2, 0.25) is 0 Å². The summed E-state index contributed by atoms with van der Waals surface area (Å²) in [6.45, 7) is 0. The quantitative estimate of drug-likeness (QED) is 0.650. The second-order valence-corrected chi connectivity index (χ2v) is 4.20. The maximum absolute atomic E-state index is 11.7. The second-order valence-electron chi connectivity index (χ2n) is 4.20. The predicted octanol–water partition coefficient (Wildman–Crippen LogP) is 2.59. The van der Waals surface area contributed by atoms with Gasteiger partial charge >= 0.3 is 11.6 Å². The number of aliphatic carboxylic acids is 1. The summed E-state index contributed by atoms with van der Waals surface area (Å²) in [5.74, 6) is -0.805. The van der Waals surface area contributed by atoms with Crippen LogP contribution in [0.15, 0.2) is 39.5 Å². The molecule has 94 valence electrons. The third kappa shape index (κ3) is 2.97. The molecule has 18 heavy (non-hydrogen) atoms. The molecule has 0 fully saturated rings. The van der Waals surface area contributed by atoms with Crippen LogP contribution >= 0.6 is 0 Å². The maximum atomic E-state index is 11.7. The van der Waals surface area contributed by atoms with Crippen molar-refractivity contribution in [3.05, 3.63) is 46.3 Å². The van der Waals surface area contributed by atoms with E-state index in [1.54, 1.807) is 6.07 Å². The molecule has 1 aromatic heterocycles. The van der Waals surface area contributed by atoms with Crippen LogP contribution in [-0.4, -0.2) is 11.1 Å². The molecule has 0 aliphatic heterocycles. The van der Waals surface area contributed by atoms with Crippen molar-refractivity contribution in [3.63, 3.8) is 0 Å². The van der Waals surface area contributed by atoms with E-state index < -0.39 is 5.97 Å². The first kappa shape index (κ1) is 12.4. The summed E-state index contributed by atoms with van der Waals surface area (Å²) in [6, 6.07) is 9.17. The zero-order valence-electron chi connectivity index (χ0n) is 9.89. The molecule has 0 radical (unpaired) electrons. The van der Waals surface area contributed by atoms with Crippen LogP contribution in [0.25, 0.3) is 11.0 Å². The molecule has 0 unspecified atom stereocenters. The van der Waals surface area contributed by atoms with Crippen molar-refractivity contribution in [2.75, 3.05) is 0 Å². The van der Waals surface area contributed by atoms with Crippen molar-refractivity contribution in [2.24, 2.45) is 0 Å². The summed E-state index contributed by atoms with van der Waals surface area (Å²) in [6.07, 6.45) is 1.94. The average Bonchev–Trinajstić information content (AvgIpc) is 2.34. The van der Waals surface area contributed by atoms with E-state index in [4.69, 9.17) is 9.52 Å². The van der Waals surface area contributed by atoms with Gasteiger partial charge in [-0.05, 0) is 31.4 Å². The minimum atomic E-state index is -0.805. The Labute approximate surface area is 104 Å². The molecule has 2 aromatic rings. The summed E-state index contributed by atoms with van der Waals surface area (Å²) >= 11 is 0. The molecule has 1 heterocycles. The van der Waals surface area contributed by atoms with Crippen molar-refractivity contribution in [2.45, 2.75) is 25.7 Å². The third-order valence-corrected chi connectivity index (χ3v) is 2.80. The van der Waals surface area contributed by atoms with Gasteiger partial charge in [0.15, 0.2) is 0 Å². The molecule has 4 heteroatoms. The van der Waals surface area contributed by atoms with Crippen LogP contribution < -0.4 is 5.63 Å². The molecule has 0 aliphatic rings. The molecule has 1 N–H and O–H groups in total. The van der Waals surface area contributed by atoms with Crippen LogP contribution in [0.4, 0.5) is 0 Å². The van der Waals surface area contributed by atoms with Crippen LogP contribution in [-0.2, 0) is 11.2 Å². The van der Waals surface area contributed by atoms with E-state index in [1.165, 1.54) is 0 Å². The lowest BCUT2D eigenvalue weighted by molar-refractivity contribution is -0.137. The Morgan fingerprint density at radius 2 is 2.00 bits per heavy atom.